The Balaban J connectivity index is 1.88. The Bertz CT molecular complexity index is 697. The first-order valence-corrected chi connectivity index (χ1v) is 10.4. The molecular weight excluding hydrogens is 344 g/mol. The van der Waals surface area contributed by atoms with Gasteiger partial charge in [0.05, 0.1) is 0 Å². The van der Waals surface area contributed by atoms with E-state index in [1.54, 1.807) is 0 Å². The Hall–Kier alpha value is -2.13. The minimum atomic E-state index is 0.0116. The van der Waals surface area contributed by atoms with E-state index in [-0.39, 0.29) is 23.2 Å². The predicted molar refractivity (Wildman–Crippen MR) is 116 cm³/mol. The summed E-state index contributed by atoms with van der Waals surface area (Å²) in [5.41, 5.74) is 2.58. The molecule has 2 aromatic carbocycles. The highest BCUT2D eigenvalue weighted by Crippen LogP contribution is 2.33. The van der Waals surface area contributed by atoms with Gasteiger partial charge in [-0.1, -0.05) is 60.7 Å². The highest BCUT2D eigenvalue weighted by molar-refractivity contribution is 5.49. The van der Waals surface area contributed by atoms with Crippen molar-refractivity contribution in [2.75, 3.05) is 0 Å². The molecule has 3 nitrogen and oxygen atoms in total. The van der Waals surface area contributed by atoms with E-state index < -0.39 is 0 Å². The second-order valence-electron chi connectivity index (χ2n) is 9.54. The molecule has 1 aliphatic heterocycles. The van der Waals surface area contributed by atoms with Crippen LogP contribution >= 0.6 is 0 Å². The van der Waals surface area contributed by atoms with E-state index in [2.05, 4.69) is 86.4 Å². The van der Waals surface area contributed by atoms with Crippen LogP contribution < -0.4 is 5.32 Å². The zero-order chi connectivity index (χ0) is 20.2. The summed E-state index contributed by atoms with van der Waals surface area (Å²) in [6, 6.07) is 21.5. The van der Waals surface area contributed by atoms with E-state index in [1.807, 2.05) is 12.1 Å². The molecule has 3 heteroatoms. The third-order valence-electron chi connectivity index (χ3n) is 5.76. The minimum absolute atomic E-state index is 0.0116. The highest BCUT2D eigenvalue weighted by atomic mass is 16.1. The van der Waals surface area contributed by atoms with E-state index in [0.29, 0.717) is 0 Å². The fourth-order valence-corrected chi connectivity index (χ4v) is 5.00. The topological polar surface area (TPSA) is 32.3 Å². The number of carbonyl (C=O) groups excluding carboxylic acids is 1. The van der Waals surface area contributed by atoms with E-state index in [1.165, 1.54) is 11.1 Å². The molecule has 0 unspecified atom stereocenters. The largest absolute Gasteiger partial charge is 0.338 e. The van der Waals surface area contributed by atoms with E-state index >= 15 is 0 Å². The summed E-state index contributed by atoms with van der Waals surface area (Å²) >= 11 is 0. The van der Waals surface area contributed by atoms with E-state index in [0.717, 1.165) is 32.1 Å². The molecule has 150 valence electrons. The molecule has 0 saturated carbocycles. The van der Waals surface area contributed by atoms with Crippen molar-refractivity contribution in [3.63, 3.8) is 0 Å². The maximum absolute atomic E-state index is 12.4. The monoisotopic (exact) mass is 378 g/mol. The molecular formula is C25H34N2O. The van der Waals surface area contributed by atoms with Gasteiger partial charge in [-0.3, -0.25) is 4.79 Å². The first-order valence-electron chi connectivity index (χ1n) is 10.4. The van der Waals surface area contributed by atoms with Crippen LogP contribution in [0.3, 0.4) is 0 Å². The van der Waals surface area contributed by atoms with Crippen molar-refractivity contribution >= 4 is 6.41 Å². The van der Waals surface area contributed by atoms with Gasteiger partial charge in [0.2, 0.25) is 6.41 Å². The molecule has 1 heterocycles. The zero-order valence-electron chi connectivity index (χ0n) is 17.7. The summed E-state index contributed by atoms with van der Waals surface area (Å²) in [4.78, 5) is 14.5. The molecule has 1 aliphatic rings. The number of benzene rings is 2. The van der Waals surface area contributed by atoms with E-state index in [9.17, 15) is 4.79 Å². The molecule has 0 bridgehead atoms. The van der Waals surface area contributed by atoms with Gasteiger partial charge in [0, 0.05) is 23.2 Å². The molecule has 2 aromatic rings. The molecule has 3 rings (SSSR count). The Kier molecular flexibility index (Phi) is 6.24. The molecule has 1 saturated heterocycles. The normalized spacial score (nSPS) is 18.8. The van der Waals surface area contributed by atoms with Crippen LogP contribution in [0.5, 0.6) is 0 Å². The summed E-state index contributed by atoms with van der Waals surface area (Å²) in [5, 5.41) is 3.74. The lowest BCUT2D eigenvalue weighted by Crippen LogP contribution is -2.63. The Morgan fingerprint density at radius 1 is 0.893 bits per heavy atom. The van der Waals surface area contributed by atoms with Gasteiger partial charge in [-0.15, -0.1) is 0 Å². The summed E-state index contributed by atoms with van der Waals surface area (Å²) in [6.45, 7) is 8.97. The summed E-state index contributed by atoms with van der Waals surface area (Å²) in [6.07, 6.45) is 4.78. The molecule has 1 amide bonds. The number of carbonyl (C=O) groups is 1. The van der Waals surface area contributed by atoms with Gasteiger partial charge in [-0.2, -0.15) is 0 Å². The van der Waals surface area contributed by atoms with Gasteiger partial charge < -0.3 is 10.2 Å². The maximum Gasteiger partial charge on any atom is 0.210 e. The van der Waals surface area contributed by atoms with Crippen molar-refractivity contribution in [2.24, 2.45) is 0 Å². The van der Waals surface area contributed by atoms with Crippen molar-refractivity contribution in [3.05, 3.63) is 71.8 Å². The Labute approximate surface area is 170 Å². The summed E-state index contributed by atoms with van der Waals surface area (Å²) in [7, 11) is 0. The van der Waals surface area contributed by atoms with Gasteiger partial charge in [0.15, 0.2) is 0 Å². The first-order chi connectivity index (χ1) is 13.3. The van der Waals surface area contributed by atoms with Gasteiger partial charge in [-0.05, 0) is 64.5 Å². The average Bonchev–Trinajstić information content (AvgIpc) is 2.61. The average molecular weight is 379 g/mol. The van der Waals surface area contributed by atoms with Crippen LogP contribution in [0.4, 0.5) is 0 Å². The van der Waals surface area contributed by atoms with Crippen LogP contribution in [-0.4, -0.2) is 34.5 Å². The Morgan fingerprint density at radius 3 is 1.71 bits per heavy atom. The summed E-state index contributed by atoms with van der Waals surface area (Å²) < 4.78 is 0. The van der Waals surface area contributed by atoms with Gasteiger partial charge in [0.1, 0.15) is 0 Å². The zero-order valence-corrected chi connectivity index (χ0v) is 17.7. The lowest BCUT2D eigenvalue weighted by molar-refractivity contribution is -0.124. The van der Waals surface area contributed by atoms with Crippen LogP contribution in [0.25, 0.3) is 0 Å². The van der Waals surface area contributed by atoms with Crippen LogP contribution in [0, 0.1) is 0 Å². The van der Waals surface area contributed by atoms with Crippen molar-refractivity contribution in [3.8, 4) is 0 Å². The lowest BCUT2D eigenvalue weighted by atomic mass is 9.78. The van der Waals surface area contributed by atoms with Crippen molar-refractivity contribution < 1.29 is 4.79 Å². The molecule has 0 aliphatic carbocycles. The van der Waals surface area contributed by atoms with Crippen LogP contribution in [-0.2, 0) is 17.6 Å². The standard InChI is InChI=1S/C25H34N2O/c1-24(2)17-23(18-25(3,4)26-24)27(19-28)22(15-20-11-7-5-8-12-20)16-21-13-9-6-10-14-21/h5-14,19,22-23,26H,15-18H2,1-4H3. The van der Waals surface area contributed by atoms with Crippen molar-refractivity contribution in [1.29, 1.82) is 0 Å². The second-order valence-corrected chi connectivity index (χ2v) is 9.54. The number of nitrogens with zero attached hydrogens (tertiary/aromatic N) is 1. The van der Waals surface area contributed by atoms with Crippen molar-refractivity contribution in [2.45, 2.75) is 76.5 Å². The highest BCUT2D eigenvalue weighted by Gasteiger charge is 2.41. The molecule has 0 aromatic heterocycles. The van der Waals surface area contributed by atoms with Crippen LogP contribution in [0.2, 0.25) is 0 Å². The quantitative estimate of drug-likeness (QED) is 0.714. The van der Waals surface area contributed by atoms with Gasteiger partial charge in [-0.25, -0.2) is 0 Å². The SMILES string of the molecule is CC1(C)CC(N(C=O)C(Cc2ccccc2)Cc2ccccc2)CC(C)(C)N1. The molecule has 0 radical (unpaired) electrons. The number of hydrogen-bond donors (Lipinski definition) is 1. The molecule has 1 fully saturated rings. The molecule has 28 heavy (non-hydrogen) atoms. The predicted octanol–water partition coefficient (Wildman–Crippen LogP) is 4.61. The number of nitrogens with one attached hydrogen (secondary N) is 1. The lowest BCUT2D eigenvalue weighted by Gasteiger charge is -2.50. The number of hydrogen-bond acceptors (Lipinski definition) is 2. The van der Waals surface area contributed by atoms with Crippen molar-refractivity contribution in [1.82, 2.24) is 10.2 Å². The minimum Gasteiger partial charge on any atom is -0.338 e. The summed E-state index contributed by atoms with van der Waals surface area (Å²) in [5.74, 6) is 0. The second kappa shape index (κ2) is 8.48. The van der Waals surface area contributed by atoms with Crippen LogP contribution in [0.15, 0.2) is 60.7 Å². The van der Waals surface area contributed by atoms with E-state index in [4.69, 9.17) is 0 Å². The third kappa shape index (κ3) is 5.45. The number of amides is 1. The fraction of sp³-hybridized carbons (Fsp3) is 0.480. The molecule has 0 atom stereocenters. The molecule has 1 N–H and O–H groups in total. The number of piperidine rings is 1. The van der Waals surface area contributed by atoms with Crippen LogP contribution in [0.1, 0.15) is 51.7 Å². The Morgan fingerprint density at radius 2 is 1.32 bits per heavy atom. The molecule has 0 spiro atoms. The van der Waals surface area contributed by atoms with Gasteiger partial charge in [0.25, 0.3) is 0 Å². The third-order valence-corrected chi connectivity index (χ3v) is 5.76. The smallest absolute Gasteiger partial charge is 0.210 e. The van der Waals surface area contributed by atoms with Gasteiger partial charge >= 0.3 is 0 Å². The first kappa shape index (κ1) is 20.6. The maximum atomic E-state index is 12.4. The number of rotatable bonds is 7. The fourth-order valence-electron chi connectivity index (χ4n) is 5.00.